The Morgan fingerprint density at radius 2 is 1.64 bits per heavy atom. The summed E-state index contributed by atoms with van der Waals surface area (Å²) in [5, 5.41) is 0. The van der Waals surface area contributed by atoms with Gasteiger partial charge in [0.05, 0.1) is 26.2 Å². The van der Waals surface area contributed by atoms with E-state index in [1.807, 2.05) is 0 Å². The predicted molar refractivity (Wildman–Crippen MR) is 44.9 cm³/mol. The smallest absolute Gasteiger partial charge is 0.0931 e. The summed E-state index contributed by atoms with van der Waals surface area (Å²) < 4.78 is 1.20. The predicted octanol–water partition coefficient (Wildman–Crippen LogP) is -0.971. The van der Waals surface area contributed by atoms with Crippen LogP contribution in [0.2, 0.25) is 0 Å². The molecule has 0 aromatic carbocycles. The van der Waals surface area contributed by atoms with Crippen molar-refractivity contribution >= 4 is 0 Å². The number of hydrogen-bond donors (Lipinski definition) is 0. The van der Waals surface area contributed by atoms with Gasteiger partial charge in [-0.3, -0.25) is 0 Å². The third kappa shape index (κ3) is 2.31. The lowest BCUT2D eigenvalue weighted by Gasteiger charge is -2.48. The lowest BCUT2D eigenvalue weighted by Crippen LogP contribution is -3.00. The Morgan fingerprint density at radius 1 is 1.09 bits per heavy atom. The van der Waals surface area contributed by atoms with Gasteiger partial charge in [0, 0.05) is 6.42 Å². The summed E-state index contributed by atoms with van der Waals surface area (Å²) in [6.45, 7) is 6.12. The Kier molecular flexibility index (Phi) is 3.83. The fraction of sp³-hybridized carbons (Fsp3) is 1.00. The quantitative estimate of drug-likeness (QED) is 0.392. The van der Waals surface area contributed by atoms with Crippen LogP contribution in [0.15, 0.2) is 0 Å². The zero-order chi connectivity index (χ0) is 7.83. The van der Waals surface area contributed by atoms with Gasteiger partial charge in [0.25, 0.3) is 0 Å². The number of piperidine rings is 1. The van der Waals surface area contributed by atoms with Crippen LogP contribution in [-0.4, -0.2) is 30.7 Å². The van der Waals surface area contributed by atoms with Gasteiger partial charge in [-0.15, -0.1) is 0 Å². The maximum Gasteiger partial charge on any atom is 0.0931 e. The van der Waals surface area contributed by atoms with Crippen LogP contribution in [-0.2, 0) is 0 Å². The van der Waals surface area contributed by atoms with E-state index in [1.54, 1.807) is 0 Å². The third-order valence-electron chi connectivity index (χ3n) is 3.39. The molecule has 11 heavy (non-hydrogen) atoms. The van der Waals surface area contributed by atoms with E-state index in [4.69, 9.17) is 0 Å². The van der Waals surface area contributed by atoms with E-state index in [1.165, 1.54) is 30.3 Å². The lowest BCUT2D eigenvalue weighted by atomic mass is 9.89. The van der Waals surface area contributed by atoms with Gasteiger partial charge in [0.2, 0.25) is 0 Å². The molecule has 1 aliphatic rings. The first-order valence-electron chi connectivity index (χ1n) is 4.29. The average Bonchev–Trinajstić information content (AvgIpc) is 1.77. The minimum absolute atomic E-state index is 0. The van der Waals surface area contributed by atoms with Crippen molar-refractivity contribution in [1.29, 1.82) is 0 Å². The molecule has 1 aliphatic heterocycles. The number of nitrogens with zero attached hydrogens (tertiary/aromatic N) is 1. The van der Waals surface area contributed by atoms with Crippen LogP contribution in [0.25, 0.3) is 0 Å². The summed E-state index contributed by atoms with van der Waals surface area (Å²) in [6, 6.07) is 0. The van der Waals surface area contributed by atoms with Crippen LogP contribution in [0, 0.1) is 0 Å². The van der Waals surface area contributed by atoms with Gasteiger partial charge in [-0.05, 0) is 26.7 Å². The second-order valence-electron chi connectivity index (χ2n) is 4.68. The van der Waals surface area contributed by atoms with E-state index in [9.17, 15) is 0 Å². The van der Waals surface area contributed by atoms with Gasteiger partial charge in [0.15, 0.2) is 0 Å². The normalized spacial score (nSPS) is 27.3. The molecule has 0 N–H and O–H groups in total. The van der Waals surface area contributed by atoms with Crippen LogP contribution in [0.4, 0.5) is 0 Å². The number of quaternary nitrogens is 1. The zero-order valence-corrected chi connectivity index (χ0v) is 10.3. The highest BCUT2D eigenvalue weighted by atomic mass is 127. The Hall–Kier alpha value is 0.690. The zero-order valence-electron chi connectivity index (χ0n) is 8.15. The number of hydrogen-bond acceptors (Lipinski definition) is 0. The molecule has 0 atom stereocenters. The molecule has 1 saturated heterocycles. The highest BCUT2D eigenvalue weighted by Crippen LogP contribution is 2.30. The van der Waals surface area contributed by atoms with Crippen LogP contribution < -0.4 is 24.0 Å². The highest BCUT2D eigenvalue weighted by molar-refractivity contribution is 4.72. The molecule has 0 spiro atoms. The van der Waals surface area contributed by atoms with Gasteiger partial charge in [-0.2, -0.15) is 0 Å². The minimum Gasteiger partial charge on any atom is -1.00 e. The maximum absolute atomic E-state index is 2.38. The number of halogens is 1. The Bertz CT molecular complexity index is 114. The van der Waals surface area contributed by atoms with E-state index in [-0.39, 0.29) is 24.0 Å². The van der Waals surface area contributed by atoms with E-state index < -0.39 is 0 Å². The molecule has 0 radical (unpaired) electrons. The first-order valence-corrected chi connectivity index (χ1v) is 4.29. The van der Waals surface area contributed by atoms with Crippen molar-refractivity contribution in [3.8, 4) is 0 Å². The van der Waals surface area contributed by atoms with E-state index in [0.29, 0.717) is 5.54 Å². The summed E-state index contributed by atoms with van der Waals surface area (Å²) in [4.78, 5) is 0. The van der Waals surface area contributed by atoms with Gasteiger partial charge in [-0.25, -0.2) is 0 Å². The summed E-state index contributed by atoms with van der Waals surface area (Å²) in [5.74, 6) is 0. The van der Waals surface area contributed by atoms with Gasteiger partial charge in [0.1, 0.15) is 0 Å². The monoisotopic (exact) mass is 269 g/mol. The second-order valence-corrected chi connectivity index (χ2v) is 4.68. The van der Waals surface area contributed by atoms with Gasteiger partial charge in [-0.1, -0.05) is 0 Å². The molecular weight excluding hydrogens is 249 g/mol. The van der Waals surface area contributed by atoms with Crippen LogP contribution in [0.5, 0.6) is 0 Å². The van der Waals surface area contributed by atoms with Crippen molar-refractivity contribution in [3.63, 3.8) is 0 Å². The van der Waals surface area contributed by atoms with Crippen molar-refractivity contribution in [3.05, 3.63) is 0 Å². The van der Waals surface area contributed by atoms with Gasteiger partial charge < -0.3 is 28.5 Å². The molecule has 0 saturated carbocycles. The van der Waals surface area contributed by atoms with Crippen LogP contribution in [0.1, 0.15) is 33.1 Å². The average molecular weight is 269 g/mol. The topological polar surface area (TPSA) is 0 Å². The van der Waals surface area contributed by atoms with Crippen molar-refractivity contribution in [2.24, 2.45) is 0 Å². The molecule has 0 aromatic heterocycles. The molecule has 1 rings (SSSR count). The lowest BCUT2D eigenvalue weighted by molar-refractivity contribution is -0.943. The molecule has 0 bridgehead atoms. The first kappa shape index (κ1) is 11.7. The molecule has 0 amide bonds. The minimum atomic E-state index is 0. The van der Waals surface area contributed by atoms with Crippen molar-refractivity contribution < 1.29 is 28.5 Å². The fourth-order valence-electron chi connectivity index (χ4n) is 1.67. The largest absolute Gasteiger partial charge is 1.00 e. The summed E-state index contributed by atoms with van der Waals surface area (Å²) in [5.41, 5.74) is 0.512. The molecular formula is C9H20IN. The Balaban J connectivity index is 0.000001000. The molecule has 0 aliphatic carbocycles. The SMILES string of the molecule is CC1(C)CCCC[N+]1(C)C.[I-]. The maximum atomic E-state index is 2.38. The van der Waals surface area contributed by atoms with Crippen LogP contribution in [0.3, 0.4) is 0 Å². The molecule has 1 nitrogen and oxygen atoms in total. The first-order chi connectivity index (χ1) is 4.46. The molecule has 0 unspecified atom stereocenters. The van der Waals surface area contributed by atoms with E-state index in [2.05, 4.69) is 27.9 Å². The summed E-state index contributed by atoms with van der Waals surface area (Å²) in [7, 11) is 4.69. The standard InChI is InChI=1S/C9H20N.HI/c1-9(2)7-5-6-8-10(9,3)4;/h5-8H2,1-4H3;1H/q+1;/p-1. The fourth-order valence-corrected chi connectivity index (χ4v) is 1.67. The third-order valence-corrected chi connectivity index (χ3v) is 3.39. The Labute approximate surface area is 87.8 Å². The van der Waals surface area contributed by atoms with E-state index >= 15 is 0 Å². The summed E-state index contributed by atoms with van der Waals surface area (Å²) >= 11 is 0. The number of likely N-dealkylation sites (tertiary alicyclic amines) is 1. The van der Waals surface area contributed by atoms with Crippen molar-refractivity contribution in [2.45, 2.75) is 38.6 Å². The molecule has 2 heteroatoms. The van der Waals surface area contributed by atoms with E-state index in [0.717, 1.165) is 0 Å². The molecule has 68 valence electrons. The van der Waals surface area contributed by atoms with Gasteiger partial charge >= 0.3 is 0 Å². The molecule has 1 heterocycles. The highest BCUT2D eigenvalue weighted by Gasteiger charge is 2.38. The molecule has 1 fully saturated rings. The number of rotatable bonds is 0. The second kappa shape index (κ2) is 3.60. The molecule has 0 aromatic rings. The van der Waals surface area contributed by atoms with Crippen molar-refractivity contribution in [1.82, 2.24) is 0 Å². The van der Waals surface area contributed by atoms with Crippen molar-refractivity contribution in [2.75, 3.05) is 20.6 Å². The van der Waals surface area contributed by atoms with Crippen LogP contribution >= 0.6 is 0 Å². The Morgan fingerprint density at radius 3 is 1.91 bits per heavy atom. The summed E-state index contributed by atoms with van der Waals surface area (Å²) in [6.07, 6.45) is 4.23.